The minimum absolute atomic E-state index is 0.00483. The third kappa shape index (κ3) is 9.05. The zero-order valence-corrected chi connectivity index (χ0v) is 36.0. The lowest BCUT2D eigenvalue weighted by molar-refractivity contribution is -0.142. The Morgan fingerprint density at radius 2 is 1.82 bits per heavy atom. The maximum Gasteiger partial charge on any atom is 0.407 e. The Hall–Kier alpha value is -4.93. The van der Waals surface area contributed by atoms with Crippen LogP contribution in [0.2, 0.25) is 0 Å². The van der Waals surface area contributed by atoms with E-state index in [0.29, 0.717) is 66.7 Å². The van der Waals surface area contributed by atoms with E-state index in [1.165, 1.54) is 22.8 Å². The molecule has 2 aromatic rings. The standard InChI is InChI=1S/C43H58N6O10S/c1-7-28-22-43(28,40(53)47-60(55,56)30-15-16-30)46-38(51)33-19-29-23-49(33)39(52)37(26-12-9-8-10-13-26)45-41(54)58-24-42(3,4)17-11-14-27-18-31-32(20-34(27)57-6)44-36(21-35(31)59-29)48(5)25(2)50/h7,18,20-21,26,28-30,33,37H,1,8-17,19,22-24H2,2-6H3,(H,45,54)(H,46,51)(H,47,53)/t28-,29+,33-,37-,43-/m0/s1. The number of nitrogens with zero attached hydrogens (tertiary/aromatic N) is 3. The molecule has 5 amide bonds. The molecule has 0 radical (unpaired) electrons. The zero-order chi connectivity index (χ0) is 43.1. The van der Waals surface area contributed by atoms with Crippen molar-refractivity contribution in [3.8, 4) is 11.5 Å². The van der Waals surface area contributed by atoms with Crippen LogP contribution in [-0.4, -0.2) is 104 Å². The van der Waals surface area contributed by atoms with Crippen LogP contribution in [0.4, 0.5) is 10.6 Å². The topological polar surface area (TPSA) is 203 Å². The van der Waals surface area contributed by atoms with E-state index in [1.807, 2.05) is 19.9 Å². The Bertz CT molecular complexity index is 2170. The number of fused-ring (bicyclic) bond motifs is 3. The smallest absolute Gasteiger partial charge is 0.407 e. The number of methoxy groups -OCH3 is 1. The molecule has 326 valence electrons. The van der Waals surface area contributed by atoms with E-state index in [1.54, 1.807) is 26.3 Å². The van der Waals surface area contributed by atoms with Gasteiger partial charge in [0.1, 0.15) is 41.0 Å². The number of aryl methyl sites for hydroxylation is 1. The second kappa shape index (κ2) is 16.8. The van der Waals surface area contributed by atoms with Gasteiger partial charge < -0.3 is 34.6 Å². The number of ether oxygens (including phenoxy) is 3. The van der Waals surface area contributed by atoms with Crippen molar-refractivity contribution in [3.63, 3.8) is 0 Å². The van der Waals surface area contributed by atoms with Crippen LogP contribution >= 0.6 is 0 Å². The Morgan fingerprint density at radius 1 is 1.08 bits per heavy atom. The first-order valence-corrected chi connectivity index (χ1v) is 22.7. The van der Waals surface area contributed by atoms with E-state index in [9.17, 15) is 32.4 Å². The minimum atomic E-state index is -3.93. The van der Waals surface area contributed by atoms with Gasteiger partial charge in [-0.15, -0.1) is 6.58 Å². The number of hydrogen-bond acceptors (Lipinski definition) is 11. The van der Waals surface area contributed by atoms with Crippen LogP contribution in [0.1, 0.15) is 97.0 Å². The molecular weight excluding hydrogens is 793 g/mol. The van der Waals surface area contributed by atoms with Crippen LogP contribution in [0.15, 0.2) is 30.9 Å². The van der Waals surface area contributed by atoms with Crippen molar-refractivity contribution < 1.29 is 46.6 Å². The van der Waals surface area contributed by atoms with Gasteiger partial charge in [-0.2, -0.15) is 0 Å². The number of anilines is 1. The molecule has 2 aliphatic heterocycles. The fraction of sp³-hybridized carbons (Fsp3) is 0.628. The van der Waals surface area contributed by atoms with E-state index >= 15 is 0 Å². The molecule has 5 aliphatic rings. The van der Waals surface area contributed by atoms with Crippen molar-refractivity contribution in [2.24, 2.45) is 17.3 Å². The molecule has 4 fully saturated rings. The van der Waals surface area contributed by atoms with Gasteiger partial charge in [0, 0.05) is 43.8 Å². The summed E-state index contributed by atoms with van der Waals surface area (Å²) in [5.41, 5.74) is -0.583. The number of carbonyl (C=O) groups is 5. The van der Waals surface area contributed by atoms with Gasteiger partial charge in [-0.05, 0) is 74.3 Å². The number of pyridine rings is 1. The number of alkyl carbamates (subject to hydrolysis) is 1. The van der Waals surface area contributed by atoms with Gasteiger partial charge in [-0.25, -0.2) is 18.2 Å². The highest BCUT2D eigenvalue weighted by atomic mass is 32.2. The molecule has 1 aromatic heterocycles. The van der Waals surface area contributed by atoms with Crippen LogP contribution in [0.5, 0.6) is 11.5 Å². The Labute approximate surface area is 351 Å². The van der Waals surface area contributed by atoms with Gasteiger partial charge in [0.2, 0.25) is 27.7 Å². The van der Waals surface area contributed by atoms with Gasteiger partial charge in [0.15, 0.2) is 0 Å². The summed E-state index contributed by atoms with van der Waals surface area (Å²) in [5.74, 6) is -1.71. The predicted molar refractivity (Wildman–Crippen MR) is 223 cm³/mol. The molecule has 4 bridgehead atoms. The molecule has 17 heteroatoms. The lowest BCUT2D eigenvalue weighted by atomic mass is 9.83. The molecule has 1 saturated heterocycles. The minimum Gasteiger partial charge on any atom is -0.496 e. The highest BCUT2D eigenvalue weighted by Crippen LogP contribution is 2.46. The molecule has 3 N–H and O–H groups in total. The number of benzene rings is 1. The summed E-state index contributed by atoms with van der Waals surface area (Å²) in [6, 6.07) is 3.24. The number of hydrogen-bond donors (Lipinski definition) is 3. The number of rotatable bonds is 9. The summed E-state index contributed by atoms with van der Waals surface area (Å²) >= 11 is 0. The van der Waals surface area contributed by atoms with Crippen molar-refractivity contribution in [3.05, 3.63) is 36.4 Å². The van der Waals surface area contributed by atoms with Crippen LogP contribution in [0, 0.1) is 17.3 Å². The summed E-state index contributed by atoms with van der Waals surface area (Å²) < 4.78 is 46.3. The first-order valence-electron chi connectivity index (χ1n) is 21.1. The lowest BCUT2D eigenvalue weighted by Crippen LogP contribution is -2.59. The average Bonchev–Trinajstić information content (AvgIpc) is 4.15. The zero-order valence-electron chi connectivity index (χ0n) is 35.2. The van der Waals surface area contributed by atoms with Crippen LogP contribution in [0.3, 0.4) is 0 Å². The Kier molecular flexibility index (Phi) is 12.1. The molecule has 3 saturated carbocycles. The molecule has 0 unspecified atom stereocenters. The normalized spacial score (nSPS) is 27.4. The van der Waals surface area contributed by atoms with Crippen molar-refractivity contribution >= 4 is 56.5 Å². The average molecular weight is 851 g/mol. The third-order valence-corrected chi connectivity index (χ3v) is 14.7. The SMILES string of the molecule is C=C[C@H]1C[C@@]1(NC(=O)[C@@H]1C[C@@H]2CN1C(=O)[C@H](C1CCCCC1)NC(=O)OCC(C)(C)CCCc1cc3c(cc(N(C)C(C)=O)nc3cc1OC)O2)C(=O)NS(=O)(=O)C1CC1. The number of amides is 5. The summed E-state index contributed by atoms with van der Waals surface area (Å²) in [5, 5.41) is 5.72. The quantitative estimate of drug-likeness (QED) is 0.304. The number of carbonyl (C=O) groups excluding carboxylic acids is 5. The van der Waals surface area contributed by atoms with Gasteiger partial charge in [-0.1, -0.05) is 39.2 Å². The molecule has 0 spiro atoms. The highest BCUT2D eigenvalue weighted by Gasteiger charge is 2.62. The van der Waals surface area contributed by atoms with Gasteiger partial charge >= 0.3 is 6.09 Å². The molecule has 3 aliphatic carbocycles. The van der Waals surface area contributed by atoms with Crippen molar-refractivity contribution in [1.29, 1.82) is 0 Å². The highest BCUT2D eigenvalue weighted by molar-refractivity contribution is 7.91. The largest absolute Gasteiger partial charge is 0.496 e. The van der Waals surface area contributed by atoms with Crippen LogP contribution in [0.25, 0.3) is 10.9 Å². The van der Waals surface area contributed by atoms with E-state index in [0.717, 1.165) is 31.2 Å². The van der Waals surface area contributed by atoms with Crippen molar-refractivity contribution in [2.75, 3.05) is 32.2 Å². The van der Waals surface area contributed by atoms with Crippen molar-refractivity contribution in [2.45, 2.75) is 127 Å². The molecule has 1 aromatic carbocycles. The number of nitrogens with one attached hydrogen (secondary N) is 3. The first kappa shape index (κ1) is 43.2. The van der Waals surface area contributed by atoms with Gasteiger partial charge in [0.25, 0.3) is 5.91 Å². The van der Waals surface area contributed by atoms with Crippen LogP contribution < -0.4 is 29.7 Å². The molecule has 5 atom stereocenters. The fourth-order valence-corrected chi connectivity index (χ4v) is 10.3. The molecule has 16 nitrogen and oxygen atoms in total. The van der Waals surface area contributed by atoms with Gasteiger partial charge in [-0.3, -0.25) is 23.9 Å². The Morgan fingerprint density at radius 3 is 2.47 bits per heavy atom. The Balaban J connectivity index is 1.29. The molecule has 7 rings (SSSR count). The molecule has 3 heterocycles. The van der Waals surface area contributed by atoms with Crippen LogP contribution in [-0.2, 0) is 40.4 Å². The summed E-state index contributed by atoms with van der Waals surface area (Å²) in [4.78, 5) is 77.0. The number of sulfonamides is 1. The maximum atomic E-state index is 15.0. The van der Waals surface area contributed by atoms with E-state index in [-0.39, 0.29) is 37.8 Å². The summed E-state index contributed by atoms with van der Waals surface area (Å²) in [6.07, 6.45) is 7.23. The monoisotopic (exact) mass is 850 g/mol. The molecule has 60 heavy (non-hydrogen) atoms. The summed E-state index contributed by atoms with van der Waals surface area (Å²) in [6.45, 7) is 9.31. The fourth-order valence-electron chi connectivity index (χ4n) is 8.93. The maximum absolute atomic E-state index is 15.0. The second-order valence-corrected chi connectivity index (χ2v) is 20.0. The van der Waals surface area contributed by atoms with Crippen molar-refractivity contribution in [1.82, 2.24) is 25.2 Å². The summed E-state index contributed by atoms with van der Waals surface area (Å²) in [7, 11) is -0.746. The number of cyclic esters (lactones) is 1. The van der Waals surface area contributed by atoms with Gasteiger partial charge in [0.05, 0.1) is 31.0 Å². The van der Waals surface area contributed by atoms with E-state index < -0.39 is 74.1 Å². The molecular formula is C43H58N6O10S. The van der Waals surface area contributed by atoms with E-state index in [4.69, 9.17) is 19.2 Å². The lowest BCUT2D eigenvalue weighted by Gasteiger charge is -2.35. The predicted octanol–water partition coefficient (Wildman–Crippen LogP) is 4.28. The van der Waals surface area contributed by atoms with E-state index in [2.05, 4.69) is 21.9 Å². The number of aromatic nitrogens is 1. The second-order valence-electron chi connectivity index (χ2n) is 18.0. The first-order chi connectivity index (χ1) is 28.4. The third-order valence-electron chi connectivity index (χ3n) is 12.9.